The SMILES string of the molecule is CC(CNC(=O)OC(C)(C)C)OC(=O)O. The van der Waals surface area contributed by atoms with Crippen molar-refractivity contribution in [1.82, 2.24) is 5.32 Å². The summed E-state index contributed by atoms with van der Waals surface area (Å²) in [5.41, 5.74) is -0.568. The molecule has 1 unspecified atom stereocenters. The van der Waals surface area contributed by atoms with Crippen molar-refractivity contribution in [3.8, 4) is 0 Å². The Bertz CT molecular complexity index is 233. The first-order chi connectivity index (χ1) is 6.70. The van der Waals surface area contributed by atoms with Crippen molar-refractivity contribution >= 4 is 12.2 Å². The lowest BCUT2D eigenvalue weighted by molar-refractivity contribution is 0.0404. The number of hydrogen-bond acceptors (Lipinski definition) is 4. The molecule has 0 spiro atoms. The Kier molecular flexibility index (Phi) is 4.90. The van der Waals surface area contributed by atoms with E-state index in [1.165, 1.54) is 6.92 Å². The first-order valence-electron chi connectivity index (χ1n) is 4.57. The maximum absolute atomic E-state index is 11.1. The minimum atomic E-state index is -1.37. The molecule has 88 valence electrons. The van der Waals surface area contributed by atoms with Crippen molar-refractivity contribution in [2.24, 2.45) is 0 Å². The van der Waals surface area contributed by atoms with Crippen molar-refractivity contribution in [2.45, 2.75) is 39.4 Å². The highest BCUT2D eigenvalue weighted by Gasteiger charge is 2.17. The van der Waals surface area contributed by atoms with Gasteiger partial charge in [-0.3, -0.25) is 0 Å². The number of ether oxygens (including phenoxy) is 2. The molecule has 6 nitrogen and oxygen atoms in total. The predicted octanol–water partition coefficient (Wildman–Crippen LogP) is 1.59. The van der Waals surface area contributed by atoms with Crippen molar-refractivity contribution in [3.63, 3.8) is 0 Å². The number of carboxylic acid groups (broad SMARTS) is 1. The van der Waals surface area contributed by atoms with Crippen LogP contribution in [0.4, 0.5) is 9.59 Å². The van der Waals surface area contributed by atoms with E-state index in [0.29, 0.717) is 0 Å². The molecule has 2 N–H and O–H groups in total. The molecule has 0 aliphatic heterocycles. The van der Waals surface area contributed by atoms with E-state index < -0.39 is 24.0 Å². The van der Waals surface area contributed by atoms with Gasteiger partial charge in [0.25, 0.3) is 0 Å². The van der Waals surface area contributed by atoms with Gasteiger partial charge >= 0.3 is 12.2 Å². The number of hydrogen-bond donors (Lipinski definition) is 2. The highest BCUT2D eigenvalue weighted by atomic mass is 16.7. The second-order valence-corrected chi connectivity index (χ2v) is 4.08. The van der Waals surface area contributed by atoms with Crippen molar-refractivity contribution in [3.05, 3.63) is 0 Å². The van der Waals surface area contributed by atoms with Crippen LogP contribution in [0.1, 0.15) is 27.7 Å². The van der Waals surface area contributed by atoms with Gasteiger partial charge in [0.05, 0.1) is 6.54 Å². The fraction of sp³-hybridized carbons (Fsp3) is 0.778. The fourth-order valence-corrected chi connectivity index (χ4v) is 0.755. The number of carbonyl (C=O) groups is 2. The molecular weight excluding hydrogens is 202 g/mol. The van der Waals surface area contributed by atoms with E-state index in [2.05, 4.69) is 10.1 Å². The third kappa shape index (κ3) is 8.86. The van der Waals surface area contributed by atoms with Crippen LogP contribution in [-0.4, -0.2) is 35.6 Å². The van der Waals surface area contributed by atoms with Gasteiger partial charge in [0, 0.05) is 0 Å². The first kappa shape index (κ1) is 13.5. The summed E-state index contributed by atoms with van der Waals surface area (Å²) >= 11 is 0. The van der Waals surface area contributed by atoms with Crippen LogP contribution in [-0.2, 0) is 9.47 Å². The molecule has 1 atom stereocenters. The molecule has 0 radical (unpaired) electrons. The van der Waals surface area contributed by atoms with Crippen LogP contribution in [0.2, 0.25) is 0 Å². The van der Waals surface area contributed by atoms with E-state index in [4.69, 9.17) is 9.84 Å². The van der Waals surface area contributed by atoms with Gasteiger partial charge in [0.1, 0.15) is 11.7 Å². The Morgan fingerprint density at radius 2 is 1.93 bits per heavy atom. The number of rotatable bonds is 3. The predicted molar refractivity (Wildman–Crippen MR) is 52.8 cm³/mol. The molecule has 0 aromatic rings. The molecular formula is C9H17NO5. The topological polar surface area (TPSA) is 84.9 Å². The van der Waals surface area contributed by atoms with E-state index in [0.717, 1.165) is 0 Å². The molecule has 0 aromatic carbocycles. The van der Waals surface area contributed by atoms with Crippen LogP contribution in [0.15, 0.2) is 0 Å². The molecule has 0 bridgehead atoms. The van der Waals surface area contributed by atoms with Crippen LogP contribution in [0.25, 0.3) is 0 Å². The van der Waals surface area contributed by atoms with E-state index in [9.17, 15) is 9.59 Å². The Labute approximate surface area is 88.6 Å². The van der Waals surface area contributed by atoms with Gasteiger partial charge in [0.15, 0.2) is 0 Å². The van der Waals surface area contributed by atoms with Gasteiger partial charge in [-0.25, -0.2) is 9.59 Å². The zero-order chi connectivity index (χ0) is 12.1. The average Bonchev–Trinajstić information content (AvgIpc) is 1.96. The number of alkyl carbamates (subject to hydrolysis) is 1. The quantitative estimate of drug-likeness (QED) is 0.704. The van der Waals surface area contributed by atoms with Crippen LogP contribution < -0.4 is 5.32 Å². The molecule has 0 rings (SSSR count). The number of nitrogens with one attached hydrogen (secondary N) is 1. The van der Waals surface area contributed by atoms with Crippen molar-refractivity contribution < 1.29 is 24.2 Å². The molecule has 15 heavy (non-hydrogen) atoms. The molecule has 0 fully saturated rings. The summed E-state index contributed by atoms with van der Waals surface area (Å²) < 4.78 is 9.32. The van der Waals surface area contributed by atoms with Crippen molar-refractivity contribution in [1.29, 1.82) is 0 Å². The highest BCUT2D eigenvalue weighted by Crippen LogP contribution is 2.06. The van der Waals surface area contributed by atoms with Crippen LogP contribution in [0.3, 0.4) is 0 Å². The number of amides is 1. The zero-order valence-electron chi connectivity index (χ0n) is 9.36. The van der Waals surface area contributed by atoms with Crippen LogP contribution in [0, 0.1) is 0 Å². The third-order valence-corrected chi connectivity index (χ3v) is 1.23. The molecule has 0 saturated carbocycles. The minimum absolute atomic E-state index is 0.0845. The van der Waals surface area contributed by atoms with Crippen LogP contribution >= 0.6 is 0 Å². The molecule has 0 heterocycles. The molecule has 0 aromatic heterocycles. The maximum atomic E-state index is 11.1. The van der Waals surface area contributed by atoms with Gasteiger partial charge in [-0.2, -0.15) is 0 Å². The molecule has 0 aliphatic rings. The molecule has 0 aliphatic carbocycles. The second kappa shape index (κ2) is 5.43. The summed E-state index contributed by atoms with van der Waals surface area (Å²) in [7, 11) is 0. The Balaban J connectivity index is 3.76. The van der Waals surface area contributed by atoms with Gasteiger partial charge in [-0.05, 0) is 27.7 Å². The van der Waals surface area contributed by atoms with Crippen LogP contribution in [0.5, 0.6) is 0 Å². The van der Waals surface area contributed by atoms with Gasteiger partial charge in [-0.1, -0.05) is 0 Å². The largest absolute Gasteiger partial charge is 0.506 e. The lowest BCUT2D eigenvalue weighted by Gasteiger charge is -2.20. The fourth-order valence-electron chi connectivity index (χ4n) is 0.755. The third-order valence-electron chi connectivity index (χ3n) is 1.23. The average molecular weight is 219 g/mol. The Hall–Kier alpha value is -1.46. The summed E-state index contributed by atoms with van der Waals surface area (Å²) in [6, 6.07) is 0. The second-order valence-electron chi connectivity index (χ2n) is 4.08. The van der Waals surface area contributed by atoms with E-state index in [1.54, 1.807) is 20.8 Å². The maximum Gasteiger partial charge on any atom is 0.506 e. The molecule has 0 saturated heterocycles. The number of carbonyl (C=O) groups excluding carboxylic acids is 1. The Morgan fingerprint density at radius 3 is 2.33 bits per heavy atom. The summed E-state index contributed by atoms with van der Waals surface area (Å²) in [6.07, 6.45) is -2.56. The van der Waals surface area contributed by atoms with Gasteiger partial charge in [-0.15, -0.1) is 0 Å². The zero-order valence-corrected chi connectivity index (χ0v) is 9.36. The lowest BCUT2D eigenvalue weighted by atomic mass is 10.2. The first-order valence-corrected chi connectivity index (χ1v) is 4.57. The van der Waals surface area contributed by atoms with E-state index in [-0.39, 0.29) is 6.54 Å². The summed E-state index contributed by atoms with van der Waals surface area (Å²) in [5, 5.41) is 10.7. The van der Waals surface area contributed by atoms with E-state index in [1.807, 2.05) is 0 Å². The Morgan fingerprint density at radius 1 is 1.40 bits per heavy atom. The summed E-state index contributed by atoms with van der Waals surface area (Å²) in [4.78, 5) is 21.2. The minimum Gasteiger partial charge on any atom is -0.450 e. The lowest BCUT2D eigenvalue weighted by Crippen LogP contribution is -2.37. The van der Waals surface area contributed by atoms with Gasteiger partial charge < -0.3 is 19.9 Å². The summed E-state index contributed by atoms with van der Waals surface area (Å²) in [5.74, 6) is 0. The smallest absolute Gasteiger partial charge is 0.450 e. The standard InChI is InChI=1S/C9H17NO5/c1-6(14-8(12)13)5-10-7(11)15-9(2,3)4/h6H,5H2,1-4H3,(H,10,11)(H,12,13). The molecule has 1 amide bonds. The molecule has 6 heteroatoms. The highest BCUT2D eigenvalue weighted by molar-refractivity contribution is 5.67. The van der Waals surface area contributed by atoms with Gasteiger partial charge in [0.2, 0.25) is 0 Å². The van der Waals surface area contributed by atoms with Crippen molar-refractivity contribution in [2.75, 3.05) is 6.54 Å². The normalized spacial score (nSPS) is 12.8. The summed E-state index contributed by atoms with van der Waals surface area (Å²) in [6.45, 7) is 6.84. The monoisotopic (exact) mass is 219 g/mol. The van der Waals surface area contributed by atoms with E-state index >= 15 is 0 Å².